The van der Waals surface area contributed by atoms with Gasteiger partial charge in [-0.15, -0.1) is 0 Å². The number of nitrogens with one attached hydrogen (secondary N) is 2. The number of anilines is 3. The van der Waals surface area contributed by atoms with Gasteiger partial charge in [0, 0.05) is 49.2 Å². The summed E-state index contributed by atoms with van der Waals surface area (Å²) < 4.78 is 4.18. The number of allylic oxidation sites excluding steroid dienone is 2. The zero-order valence-electron chi connectivity index (χ0n) is 22.1. The molecule has 2 aromatic carbocycles. The van der Waals surface area contributed by atoms with Crippen molar-refractivity contribution in [3.63, 3.8) is 0 Å². The van der Waals surface area contributed by atoms with Crippen LogP contribution in [0.2, 0.25) is 0 Å². The number of nitrogens with zero attached hydrogens (tertiary/aromatic N) is 4. The number of hydrogen-bond acceptors (Lipinski definition) is 8. The molecule has 0 amide bonds. The Morgan fingerprint density at radius 2 is 1.69 bits per heavy atom. The topological polar surface area (TPSA) is 132 Å². The summed E-state index contributed by atoms with van der Waals surface area (Å²) in [4.78, 5) is 19.1. The molecule has 0 aliphatic heterocycles. The molecule has 0 atom stereocenters. The maximum atomic E-state index is 12.6. The minimum Gasteiger partial charge on any atom is -0.397 e. The molecule has 3 aromatic rings. The Hall–Kier alpha value is -4.41. The minimum atomic E-state index is -0.217. The van der Waals surface area contributed by atoms with E-state index in [4.69, 9.17) is 5.73 Å². The molecular weight excluding hydrogens is 494 g/mol. The highest BCUT2D eigenvalue weighted by Gasteiger charge is 2.17. The first-order chi connectivity index (χ1) is 18.9. The second-order valence-electron chi connectivity index (χ2n) is 9.27. The number of rotatable bonds is 13. The molecular formula is C29H36N7O3+. The summed E-state index contributed by atoms with van der Waals surface area (Å²) >= 11 is 0. The molecule has 4 rings (SSSR count). The van der Waals surface area contributed by atoms with Crippen molar-refractivity contribution in [1.29, 1.82) is 0 Å². The number of aliphatic hydroxyl groups excluding tert-OH is 2. The van der Waals surface area contributed by atoms with Crippen LogP contribution in [0.3, 0.4) is 0 Å². The third kappa shape index (κ3) is 7.79. The fourth-order valence-corrected chi connectivity index (χ4v) is 4.22. The van der Waals surface area contributed by atoms with Crippen LogP contribution < -0.4 is 25.8 Å². The molecule has 6 N–H and O–H groups in total. The summed E-state index contributed by atoms with van der Waals surface area (Å²) in [7, 11) is 2.01. The third-order valence-corrected chi connectivity index (χ3v) is 6.24. The van der Waals surface area contributed by atoms with E-state index in [0.29, 0.717) is 35.9 Å². The number of carbonyl (C=O) groups excluding carboxylic acids is 1. The molecule has 0 radical (unpaired) electrons. The number of imidazole rings is 1. The van der Waals surface area contributed by atoms with Crippen molar-refractivity contribution in [2.75, 3.05) is 48.4 Å². The third-order valence-electron chi connectivity index (χ3n) is 6.24. The number of aromatic nitrogens is 2. The monoisotopic (exact) mass is 530 g/mol. The highest BCUT2D eigenvalue weighted by atomic mass is 16.3. The second-order valence-corrected chi connectivity index (χ2v) is 9.27. The number of aliphatic imine (C=N–C) groups is 1. The van der Waals surface area contributed by atoms with Gasteiger partial charge in [0.05, 0.1) is 49.6 Å². The van der Waals surface area contributed by atoms with Gasteiger partial charge in [-0.2, -0.15) is 0 Å². The standard InChI is InChI=1S/C29H35N7O3/c1-34-13-14-35(21-34)12-2-11-31-22-3-5-23(6-4-22)33-28-20-27(26(30)19-29(28)39)32-24-7-9-25(10-8-24)36(15-17-37)16-18-38/h3-10,13-14,19-21,37-38H,2,11-12,15-18H2,1H3,(H3-,30,31,32,33,39)/p+1. The summed E-state index contributed by atoms with van der Waals surface area (Å²) in [6.07, 6.45) is 10.2. The molecule has 10 heteroatoms. The Bertz CT molecular complexity index is 1340. The lowest BCUT2D eigenvalue weighted by Gasteiger charge is -2.22. The van der Waals surface area contributed by atoms with Crippen molar-refractivity contribution in [2.45, 2.75) is 13.0 Å². The summed E-state index contributed by atoms with van der Waals surface area (Å²) in [5.74, 6) is -0.217. The van der Waals surface area contributed by atoms with Crippen molar-refractivity contribution in [1.82, 2.24) is 4.57 Å². The van der Waals surface area contributed by atoms with Crippen LogP contribution in [0.4, 0.5) is 22.7 Å². The largest absolute Gasteiger partial charge is 0.397 e. The van der Waals surface area contributed by atoms with E-state index in [0.717, 1.165) is 36.6 Å². The van der Waals surface area contributed by atoms with Crippen molar-refractivity contribution >= 4 is 34.2 Å². The van der Waals surface area contributed by atoms with Crippen LogP contribution in [0.5, 0.6) is 0 Å². The first-order valence-electron chi connectivity index (χ1n) is 13.0. The number of carbonyl (C=O) groups is 1. The van der Waals surface area contributed by atoms with Crippen LogP contribution in [-0.4, -0.2) is 59.1 Å². The fourth-order valence-electron chi connectivity index (χ4n) is 4.22. The number of benzene rings is 2. The van der Waals surface area contributed by atoms with Crippen LogP contribution in [0.1, 0.15) is 6.42 Å². The number of hydrogen-bond donors (Lipinski definition) is 5. The Morgan fingerprint density at radius 1 is 1.00 bits per heavy atom. The molecule has 204 valence electrons. The van der Waals surface area contributed by atoms with Gasteiger partial charge in [-0.05, 0) is 54.6 Å². The van der Waals surface area contributed by atoms with E-state index in [2.05, 4.69) is 32.7 Å². The van der Waals surface area contributed by atoms with Gasteiger partial charge in [0.2, 0.25) is 12.1 Å². The van der Waals surface area contributed by atoms with Gasteiger partial charge in [-0.3, -0.25) is 4.79 Å². The Balaban J connectivity index is 1.37. The molecule has 39 heavy (non-hydrogen) atoms. The van der Waals surface area contributed by atoms with Gasteiger partial charge in [0.15, 0.2) is 0 Å². The molecule has 1 aliphatic carbocycles. The molecule has 1 heterocycles. The van der Waals surface area contributed by atoms with Crippen LogP contribution in [0.25, 0.3) is 0 Å². The highest BCUT2D eigenvalue weighted by molar-refractivity contribution is 6.23. The number of ketones is 1. The molecule has 0 spiro atoms. The number of aliphatic hydroxyl groups is 2. The van der Waals surface area contributed by atoms with Gasteiger partial charge in [0.1, 0.15) is 12.4 Å². The summed E-state index contributed by atoms with van der Waals surface area (Å²) in [5.41, 5.74) is 10.6. The molecule has 0 unspecified atom stereocenters. The second kappa shape index (κ2) is 13.4. The Labute approximate surface area is 228 Å². The zero-order chi connectivity index (χ0) is 27.6. The van der Waals surface area contributed by atoms with Crippen LogP contribution in [0.15, 0.2) is 95.8 Å². The lowest BCUT2D eigenvalue weighted by atomic mass is 10.1. The predicted octanol–water partition coefficient (Wildman–Crippen LogP) is 2.10. The molecule has 10 nitrogen and oxygen atoms in total. The quantitative estimate of drug-likeness (QED) is 0.130. The summed E-state index contributed by atoms with van der Waals surface area (Å²) in [5, 5.41) is 25.1. The predicted molar refractivity (Wildman–Crippen MR) is 154 cm³/mol. The molecule has 0 saturated carbocycles. The molecule has 0 saturated heterocycles. The lowest BCUT2D eigenvalue weighted by molar-refractivity contribution is -0.671. The van der Waals surface area contributed by atoms with E-state index in [1.54, 1.807) is 6.08 Å². The normalized spacial score (nSPS) is 14.2. The van der Waals surface area contributed by atoms with E-state index in [1.807, 2.05) is 71.2 Å². The Morgan fingerprint density at radius 3 is 2.33 bits per heavy atom. The van der Waals surface area contributed by atoms with E-state index in [1.165, 1.54) is 6.08 Å². The zero-order valence-corrected chi connectivity index (χ0v) is 22.1. The summed E-state index contributed by atoms with van der Waals surface area (Å²) in [6, 6.07) is 15.2. The van der Waals surface area contributed by atoms with Crippen molar-refractivity contribution in [3.05, 3.63) is 90.8 Å². The van der Waals surface area contributed by atoms with Gasteiger partial charge in [-0.25, -0.2) is 14.1 Å². The minimum absolute atomic E-state index is 0.00673. The first kappa shape index (κ1) is 27.6. The van der Waals surface area contributed by atoms with Gasteiger partial charge in [-0.1, -0.05) is 0 Å². The molecule has 1 aromatic heterocycles. The SMILES string of the molecule is C[n+]1ccn(CCCNc2ccc(NC3=C/C(=N\c4ccc(N(CCO)CCO)cc4)C(N)=CC3=O)cc2)c1. The van der Waals surface area contributed by atoms with Crippen LogP contribution in [-0.2, 0) is 18.4 Å². The van der Waals surface area contributed by atoms with Crippen LogP contribution >= 0.6 is 0 Å². The van der Waals surface area contributed by atoms with Crippen molar-refractivity contribution in [3.8, 4) is 0 Å². The van der Waals surface area contributed by atoms with Crippen molar-refractivity contribution < 1.29 is 19.6 Å². The van der Waals surface area contributed by atoms with Gasteiger partial charge < -0.3 is 31.5 Å². The fraction of sp³-hybridized carbons (Fsp3) is 0.276. The van der Waals surface area contributed by atoms with E-state index < -0.39 is 0 Å². The number of nitrogens with two attached hydrogens (primary N) is 1. The van der Waals surface area contributed by atoms with E-state index >= 15 is 0 Å². The highest BCUT2D eigenvalue weighted by Crippen LogP contribution is 2.23. The van der Waals surface area contributed by atoms with E-state index in [9.17, 15) is 15.0 Å². The molecule has 0 bridgehead atoms. The maximum Gasteiger partial charge on any atom is 0.243 e. The van der Waals surface area contributed by atoms with Gasteiger partial charge in [0.25, 0.3) is 0 Å². The first-order valence-corrected chi connectivity index (χ1v) is 13.0. The average Bonchev–Trinajstić information content (AvgIpc) is 3.35. The van der Waals surface area contributed by atoms with Crippen LogP contribution in [0, 0.1) is 0 Å². The summed E-state index contributed by atoms with van der Waals surface area (Å²) in [6.45, 7) is 2.63. The van der Waals surface area contributed by atoms with Gasteiger partial charge >= 0.3 is 0 Å². The molecule has 0 fully saturated rings. The lowest BCUT2D eigenvalue weighted by Crippen LogP contribution is -2.29. The van der Waals surface area contributed by atoms with E-state index in [-0.39, 0.29) is 19.0 Å². The number of aryl methyl sites for hydroxylation is 2. The molecule has 1 aliphatic rings. The van der Waals surface area contributed by atoms with Crippen molar-refractivity contribution in [2.24, 2.45) is 17.8 Å². The Kier molecular flexibility index (Phi) is 9.49. The maximum absolute atomic E-state index is 12.6. The average molecular weight is 531 g/mol. The smallest absolute Gasteiger partial charge is 0.243 e.